The summed E-state index contributed by atoms with van der Waals surface area (Å²) < 4.78 is 36.0. The van der Waals surface area contributed by atoms with Crippen LogP contribution in [0.25, 0.3) is 6.08 Å². The number of aromatic nitrogens is 1. The molecule has 1 aliphatic heterocycles. The number of benzene rings is 3. The van der Waals surface area contributed by atoms with Crippen LogP contribution in [0.3, 0.4) is 0 Å². The van der Waals surface area contributed by atoms with Gasteiger partial charge in [-0.3, -0.25) is 9.36 Å². The standard InChI is InChI=1S/C36H34BrClN2O9S/c1-6-46-27-17-23(10-13-26(27)48-19-30(41)45-5)32-31(35(43)47-7-2)20(3)39-36-40(32)34(42)29(50-36)16-22-14-25(38)33(28(15-22)44-4)49-18-21-8-11-24(37)12-9-21/h8-17,32H,6-7,18-19H2,1-5H3/b29-16-/t32-/m1/s1. The van der Waals surface area contributed by atoms with Crippen LogP contribution >= 0.6 is 38.9 Å². The van der Waals surface area contributed by atoms with Crippen LogP contribution in [0.5, 0.6) is 23.0 Å². The molecule has 0 radical (unpaired) electrons. The van der Waals surface area contributed by atoms with E-state index >= 15 is 0 Å². The number of thiazole rings is 1. The predicted molar refractivity (Wildman–Crippen MR) is 192 cm³/mol. The molecular formula is C36H34BrClN2O9S. The summed E-state index contributed by atoms with van der Waals surface area (Å²) >= 11 is 11.3. The molecule has 2 heterocycles. The molecule has 0 aliphatic carbocycles. The van der Waals surface area contributed by atoms with Crippen molar-refractivity contribution in [2.75, 3.05) is 34.0 Å². The van der Waals surface area contributed by atoms with Crippen molar-refractivity contribution in [2.45, 2.75) is 33.4 Å². The first kappa shape index (κ1) is 36.7. The lowest BCUT2D eigenvalue weighted by Gasteiger charge is -2.25. The molecule has 1 atom stereocenters. The molecule has 262 valence electrons. The van der Waals surface area contributed by atoms with Crippen LogP contribution < -0.4 is 33.8 Å². The van der Waals surface area contributed by atoms with Crippen molar-refractivity contribution >= 4 is 56.9 Å². The highest BCUT2D eigenvalue weighted by Gasteiger charge is 2.34. The Hall–Kier alpha value is -4.59. The zero-order valence-electron chi connectivity index (χ0n) is 27.9. The molecule has 0 saturated heterocycles. The second-order valence-corrected chi connectivity index (χ2v) is 13.1. The maximum Gasteiger partial charge on any atom is 0.343 e. The van der Waals surface area contributed by atoms with Crippen LogP contribution in [0.4, 0.5) is 0 Å². The number of halogens is 2. The number of ether oxygens (including phenoxy) is 6. The first-order valence-corrected chi connectivity index (χ1v) is 17.5. The summed E-state index contributed by atoms with van der Waals surface area (Å²) in [6.45, 7) is 5.57. The summed E-state index contributed by atoms with van der Waals surface area (Å²) in [6, 6.07) is 15.2. The van der Waals surface area contributed by atoms with Gasteiger partial charge in [0.25, 0.3) is 5.56 Å². The largest absolute Gasteiger partial charge is 0.493 e. The van der Waals surface area contributed by atoms with Crippen LogP contribution in [0.2, 0.25) is 5.02 Å². The Labute approximate surface area is 305 Å². The van der Waals surface area contributed by atoms with E-state index in [1.54, 1.807) is 57.2 Å². The van der Waals surface area contributed by atoms with Gasteiger partial charge in [0.15, 0.2) is 34.4 Å². The van der Waals surface area contributed by atoms with E-state index in [4.69, 9.17) is 35.3 Å². The molecular weight excluding hydrogens is 752 g/mol. The van der Waals surface area contributed by atoms with Crippen LogP contribution in [0, 0.1) is 0 Å². The molecule has 11 nitrogen and oxygen atoms in total. The first-order valence-electron chi connectivity index (χ1n) is 15.5. The molecule has 0 saturated carbocycles. The van der Waals surface area contributed by atoms with Gasteiger partial charge in [-0.1, -0.05) is 57.1 Å². The number of esters is 2. The van der Waals surface area contributed by atoms with Crippen molar-refractivity contribution in [3.8, 4) is 23.0 Å². The minimum Gasteiger partial charge on any atom is -0.493 e. The van der Waals surface area contributed by atoms with Crippen LogP contribution in [-0.2, 0) is 25.7 Å². The molecule has 0 amide bonds. The smallest absolute Gasteiger partial charge is 0.343 e. The molecule has 14 heteroatoms. The zero-order valence-corrected chi connectivity index (χ0v) is 31.1. The van der Waals surface area contributed by atoms with E-state index in [2.05, 4.69) is 25.7 Å². The quantitative estimate of drug-likeness (QED) is 0.156. The second kappa shape index (κ2) is 16.4. The third-order valence-corrected chi connectivity index (χ3v) is 9.31. The highest BCUT2D eigenvalue weighted by molar-refractivity contribution is 9.10. The Kier molecular flexibility index (Phi) is 12.0. The van der Waals surface area contributed by atoms with Crippen molar-refractivity contribution in [1.29, 1.82) is 0 Å². The van der Waals surface area contributed by atoms with Gasteiger partial charge < -0.3 is 28.4 Å². The fourth-order valence-electron chi connectivity index (χ4n) is 5.24. The SMILES string of the molecule is CCOC(=O)C1=C(C)N=c2s/c(=C\c3cc(Cl)c(OCc4ccc(Br)cc4)c(OC)c3)c(=O)n2[C@@H]1c1ccc(OCC(=O)OC)c(OCC)c1. The molecule has 1 aliphatic rings. The average Bonchev–Trinajstić information content (AvgIpc) is 3.40. The molecule has 0 spiro atoms. The van der Waals surface area contributed by atoms with E-state index < -0.39 is 18.0 Å². The van der Waals surface area contributed by atoms with Crippen LogP contribution in [0.15, 0.2) is 80.1 Å². The van der Waals surface area contributed by atoms with Crippen molar-refractivity contribution in [3.05, 3.63) is 112 Å². The van der Waals surface area contributed by atoms with Crippen molar-refractivity contribution < 1.29 is 38.0 Å². The van der Waals surface area contributed by atoms with Crippen molar-refractivity contribution in [2.24, 2.45) is 4.99 Å². The number of rotatable bonds is 13. The number of fused-ring (bicyclic) bond motifs is 1. The summed E-state index contributed by atoms with van der Waals surface area (Å²) in [4.78, 5) is 44.4. The van der Waals surface area contributed by atoms with E-state index in [9.17, 15) is 14.4 Å². The van der Waals surface area contributed by atoms with Gasteiger partial charge in [0.05, 0.1) is 54.3 Å². The van der Waals surface area contributed by atoms with Gasteiger partial charge in [-0.25, -0.2) is 14.6 Å². The number of methoxy groups -OCH3 is 2. The summed E-state index contributed by atoms with van der Waals surface area (Å²) in [5, 5.41) is 0.303. The molecule has 0 fully saturated rings. The van der Waals surface area contributed by atoms with E-state index in [0.717, 1.165) is 10.0 Å². The molecule has 1 aromatic heterocycles. The predicted octanol–water partition coefficient (Wildman–Crippen LogP) is 5.75. The molecule has 3 aromatic carbocycles. The zero-order chi connectivity index (χ0) is 35.9. The van der Waals surface area contributed by atoms with Crippen LogP contribution in [-0.4, -0.2) is 50.5 Å². The average molecular weight is 786 g/mol. The van der Waals surface area contributed by atoms with Gasteiger partial charge in [-0.2, -0.15) is 0 Å². The summed E-state index contributed by atoms with van der Waals surface area (Å²) in [5.41, 5.74) is 2.30. The van der Waals surface area contributed by atoms with Crippen molar-refractivity contribution in [1.82, 2.24) is 4.57 Å². The minimum atomic E-state index is -0.908. The fraction of sp³-hybridized carbons (Fsp3) is 0.278. The number of hydrogen-bond donors (Lipinski definition) is 0. The Morgan fingerprint density at radius 3 is 2.42 bits per heavy atom. The maximum atomic E-state index is 14.2. The number of allylic oxidation sites excluding steroid dienone is 1. The summed E-state index contributed by atoms with van der Waals surface area (Å²) in [6.07, 6.45) is 1.69. The number of carbonyl (C=O) groups excluding carboxylic acids is 2. The van der Waals surface area contributed by atoms with E-state index in [-0.39, 0.29) is 31.0 Å². The van der Waals surface area contributed by atoms with Gasteiger partial charge in [-0.05, 0) is 79.9 Å². The first-order chi connectivity index (χ1) is 24.1. The monoisotopic (exact) mass is 784 g/mol. The Morgan fingerprint density at radius 1 is 0.980 bits per heavy atom. The second-order valence-electron chi connectivity index (χ2n) is 10.8. The van der Waals surface area contributed by atoms with Gasteiger partial charge in [0.1, 0.15) is 6.61 Å². The highest BCUT2D eigenvalue weighted by Crippen LogP contribution is 2.38. The van der Waals surface area contributed by atoms with Gasteiger partial charge in [-0.15, -0.1) is 0 Å². The molecule has 4 aromatic rings. The van der Waals surface area contributed by atoms with Gasteiger partial charge in [0.2, 0.25) is 0 Å². The Balaban J connectivity index is 1.58. The van der Waals surface area contributed by atoms with Crippen molar-refractivity contribution in [3.63, 3.8) is 0 Å². The molecule has 0 N–H and O–H groups in total. The highest BCUT2D eigenvalue weighted by atomic mass is 79.9. The number of hydrogen-bond acceptors (Lipinski definition) is 11. The molecule has 5 rings (SSSR count). The molecule has 0 bridgehead atoms. The normalized spacial score (nSPS) is 14.1. The third kappa shape index (κ3) is 8.06. The third-order valence-electron chi connectivity index (χ3n) is 7.52. The fourth-order valence-corrected chi connectivity index (χ4v) is 6.82. The van der Waals surface area contributed by atoms with Gasteiger partial charge in [0, 0.05) is 4.47 Å². The summed E-state index contributed by atoms with van der Waals surface area (Å²) in [7, 11) is 2.78. The van der Waals surface area contributed by atoms with Crippen LogP contribution in [0.1, 0.15) is 43.5 Å². The maximum absolute atomic E-state index is 14.2. The van der Waals surface area contributed by atoms with E-state index in [1.807, 2.05) is 24.3 Å². The Bertz CT molecular complexity index is 2130. The summed E-state index contributed by atoms with van der Waals surface area (Å²) in [5.74, 6) is 0.209. The molecule has 50 heavy (non-hydrogen) atoms. The van der Waals surface area contributed by atoms with E-state index in [1.165, 1.54) is 30.1 Å². The Morgan fingerprint density at radius 2 is 1.74 bits per heavy atom. The number of nitrogens with zero attached hydrogens (tertiary/aromatic N) is 2. The van der Waals surface area contributed by atoms with Gasteiger partial charge >= 0.3 is 11.9 Å². The number of carbonyl (C=O) groups is 2. The molecule has 0 unspecified atom stereocenters. The topological polar surface area (TPSA) is 124 Å². The lowest BCUT2D eigenvalue weighted by Crippen LogP contribution is -2.40. The van der Waals surface area contributed by atoms with E-state index in [0.29, 0.717) is 60.8 Å². The lowest BCUT2D eigenvalue weighted by atomic mass is 9.95. The lowest BCUT2D eigenvalue weighted by molar-refractivity contribution is -0.143. The minimum absolute atomic E-state index is 0.128.